The van der Waals surface area contributed by atoms with Crippen molar-refractivity contribution in [3.63, 3.8) is 0 Å². The van der Waals surface area contributed by atoms with Gasteiger partial charge in [-0.3, -0.25) is 9.69 Å². The number of amides is 1. The first-order valence-electron chi connectivity index (χ1n) is 8.34. The molecule has 0 aromatic heterocycles. The zero-order valence-corrected chi connectivity index (χ0v) is 14.0. The van der Waals surface area contributed by atoms with Crippen molar-refractivity contribution in [2.75, 3.05) is 53.4 Å². The third kappa shape index (κ3) is 3.96. The Morgan fingerprint density at radius 3 is 2.57 bits per heavy atom. The summed E-state index contributed by atoms with van der Waals surface area (Å²) in [6, 6.07) is 0. The number of hydrogen-bond acceptors (Lipinski definition) is 4. The van der Waals surface area contributed by atoms with E-state index >= 15 is 0 Å². The summed E-state index contributed by atoms with van der Waals surface area (Å²) in [5, 5.41) is 0. The Hall–Kier alpha value is -0.650. The van der Waals surface area contributed by atoms with Crippen molar-refractivity contribution in [2.24, 2.45) is 11.7 Å². The Morgan fingerprint density at radius 1 is 1.33 bits per heavy atom. The quantitative estimate of drug-likeness (QED) is 0.825. The first-order chi connectivity index (χ1) is 9.97. The molecule has 1 heterocycles. The largest absolute Gasteiger partial charge is 0.339 e. The lowest BCUT2D eigenvalue weighted by molar-refractivity contribution is -0.135. The van der Waals surface area contributed by atoms with Crippen molar-refractivity contribution < 1.29 is 4.79 Å². The lowest BCUT2D eigenvalue weighted by Gasteiger charge is -2.46. The summed E-state index contributed by atoms with van der Waals surface area (Å²) in [6.07, 6.45) is 4.77. The molecular formula is C16H32N4O. The molecule has 2 unspecified atom stereocenters. The van der Waals surface area contributed by atoms with Crippen molar-refractivity contribution >= 4 is 5.91 Å². The van der Waals surface area contributed by atoms with Crippen molar-refractivity contribution in [1.29, 1.82) is 0 Å². The molecule has 1 amide bonds. The van der Waals surface area contributed by atoms with Crippen LogP contribution in [0.25, 0.3) is 0 Å². The Morgan fingerprint density at radius 2 is 2.00 bits per heavy atom. The Bertz CT molecular complexity index is 354. The number of nitrogens with zero attached hydrogens (tertiary/aromatic N) is 3. The molecular weight excluding hydrogens is 264 g/mol. The van der Waals surface area contributed by atoms with Crippen LogP contribution in [-0.2, 0) is 4.79 Å². The molecule has 0 aromatic rings. The van der Waals surface area contributed by atoms with Gasteiger partial charge in [0.1, 0.15) is 0 Å². The normalized spacial score (nSPS) is 31.7. The van der Waals surface area contributed by atoms with Crippen LogP contribution < -0.4 is 5.73 Å². The third-order valence-electron chi connectivity index (χ3n) is 5.49. The fourth-order valence-corrected chi connectivity index (χ4v) is 3.85. The highest BCUT2D eigenvalue weighted by Crippen LogP contribution is 2.35. The molecule has 21 heavy (non-hydrogen) atoms. The molecule has 1 aliphatic heterocycles. The van der Waals surface area contributed by atoms with Crippen LogP contribution in [0.5, 0.6) is 0 Å². The van der Waals surface area contributed by atoms with E-state index in [1.54, 1.807) is 0 Å². The van der Waals surface area contributed by atoms with Crippen LogP contribution in [0.15, 0.2) is 0 Å². The molecule has 1 saturated heterocycles. The third-order valence-corrected chi connectivity index (χ3v) is 5.49. The zero-order valence-electron chi connectivity index (χ0n) is 14.0. The first kappa shape index (κ1) is 16.7. The summed E-state index contributed by atoms with van der Waals surface area (Å²) < 4.78 is 0. The molecule has 0 bridgehead atoms. The summed E-state index contributed by atoms with van der Waals surface area (Å²) >= 11 is 0. The first-order valence-corrected chi connectivity index (χ1v) is 8.34. The predicted molar refractivity (Wildman–Crippen MR) is 86.1 cm³/mol. The van der Waals surface area contributed by atoms with Gasteiger partial charge in [0, 0.05) is 38.3 Å². The van der Waals surface area contributed by atoms with Crippen molar-refractivity contribution in [2.45, 2.75) is 38.1 Å². The van der Waals surface area contributed by atoms with Crippen LogP contribution in [-0.4, -0.2) is 79.5 Å². The topological polar surface area (TPSA) is 52.8 Å². The SMILES string of the molecule is CC1CCCC(CN)(N(C)CC(=O)N2CCN(C)CC2)C1. The van der Waals surface area contributed by atoms with Crippen LogP contribution in [0.3, 0.4) is 0 Å². The average Bonchev–Trinajstić information content (AvgIpc) is 2.47. The molecule has 2 fully saturated rings. The summed E-state index contributed by atoms with van der Waals surface area (Å²) in [5.74, 6) is 0.972. The number of carbonyl (C=O) groups excluding carboxylic acids is 1. The van der Waals surface area contributed by atoms with Crippen LogP contribution >= 0.6 is 0 Å². The monoisotopic (exact) mass is 296 g/mol. The van der Waals surface area contributed by atoms with Crippen LogP contribution in [0, 0.1) is 5.92 Å². The van der Waals surface area contributed by atoms with Gasteiger partial charge in [0.05, 0.1) is 6.54 Å². The molecule has 2 N–H and O–H groups in total. The predicted octanol–water partition coefficient (Wildman–Crippen LogP) is 0.600. The number of carbonyl (C=O) groups is 1. The van der Waals surface area contributed by atoms with Gasteiger partial charge in [-0.1, -0.05) is 19.8 Å². The van der Waals surface area contributed by atoms with E-state index in [9.17, 15) is 4.79 Å². The summed E-state index contributed by atoms with van der Waals surface area (Å²) in [4.78, 5) is 19.0. The van der Waals surface area contributed by atoms with Crippen molar-refractivity contribution in [1.82, 2.24) is 14.7 Å². The molecule has 2 aliphatic rings. The van der Waals surface area contributed by atoms with Gasteiger partial charge >= 0.3 is 0 Å². The van der Waals surface area contributed by atoms with E-state index in [0.717, 1.165) is 39.0 Å². The summed E-state index contributed by atoms with van der Waals surface area (Å²) in [5.41, 5.74) is 6.13. The molecule has 0 radical (unpaired) electrons. The molecule has 1 saturated carbocycles. The lowest BCUT2D eigenvalue weighted by Crippen LogP contribution is -2.58. The highest BCUT2D eigenvalue weighted by atomic mass is 16.2. The summed E-state index contributed by atoms with van der Waals surface area (Å²) in [7, 11) is 4.19. The van der Waals surface area contributed by atoms with Crippen LogP contribution in [0.2, 0.25) is 0 Å². The second-order valence-electron chi connectivity index (χ2n) is 7.17. The van der Waals surface area contributed by atoms with E-state index in [-0.39, 0.29) is 11.4 Å². The molecule has 5 nitrogen and oxygen atoms in total. The lowest BCUT2D eigenvalue weighted by atomic mass is 9.75. The second-order valence-corrected chi connectivity index (χ2v) is 7.17. The standard InChI is InChI=1S/C16H32N4O/c1-14-5-4-6-16(11-14,13-17)19(3)12-15(21)20-9-7-18(2)8-10-20/h14H,4-13,17H2,1-3H3. The molecule has 2 rings (SSSR count). The van der Waals surface area contributed by atoms with Crippen molar-refractivity contribution in [3.05, 3.63) is 0 Å². The summed E-state index contributed by atoms with van der Waals surface area (Å²) in [6.45, 7) is 7.14. The minimum Gasteiger partial charge on any atom is -0.339 e. The van der Waals surface area contributed by atoms with Gasteiger partial charge in [-0.2, -0.15) is 0 Å². The molecule has 0 spiro atoms. The molecule has 2 atom stereocenters. The van der Waals surface area contributed by atoms with Gasteiger partial charge in [0.25, 0.3) is 0 Å². The van der Waals surface area contributed by atoms with Gasteiger partial charge in [-0.25, -0.2) is 0 Å². The van der Waals surface area contributed by atoms with Crippen molar-refractivity contribution in [3.8, 4) is 0 Å². The Kier molecular flexibility index (Phi) is 5.63. The molecule has 122 valence electrons. The maximum Gasteiger partial charge on any atom is 0.236 e. The molecule has 0 aromatic carbocycles. The molecule has 1 aliphatic carbocycles. The Labute approximate surface area is 129 Å². The number of likely N-dealkylation sites (N-methyl/N-ethyl adjacent to an activating group) is 2. The smallest absolute Gasteiger partial charge is 0.236 e. The van der Waals surface area contributed by atoms with Crippen LogP contribution in [0.4, 0.5) is 0 Å². The minimum atomic E-state index is 0.0277. The van der Waals surface area contributed by atoms with E-state index in [1.807, 2.05) is 4.90 Å². The zero-order chi connectivity index (χ0) is 15.5. The Balaban J connectivity index is 1.92. The number of hydrogen-bond donors (Lipinski definition) is 1. The van der Waals surface area contributed by atoms with Gasteiger partial charge in [-0.15, -0.1) is 0 Å². The highest BCUT2D eigenvalue weighted by Gasteiger charge is 2.38. The van der Waals surface area contributed by atoms with Gasteiger partial charge in [0.2, 0.25) is 5.91 Å². The van der Waals surface area contributed by atoms with Gasteiger partial charge < -0.3 is 15.5 Å². The van der Waals surface area contributed by atoms with E-state index in [1.165, 1.54) is 12.8 Å². The maximum atomic E-state index is 12.5. The maximum absolute atomic E-state index is 12.5. The van der Waals surface area contributed by atoms with Gasteiger partial charge in [-0.05, 0) is 32.9 Å². The average molecular weight is 296 g/mol. The van der Waals surface area contributed by atoms with Crippen LogP contribution in [0.1, 0.15) is 32.6 Å². The minimum absolute atomic E-state index is 0.0277. The fourth-order valence-electron chi connectivity index (χ4n) is 3.85. The van der Waals surface area contributed by atoms with E-state index in [0.29, 0.717) is 19.0 Å². The van der Waals surface area contributed by atoms with Gasteiger partial charge in [0.15, 0.2) is 0 Å². The number of nitrogens with two attached hydrogens (primary N) is 1. The molecule has 5 heteroatoms. The highest BCUT2D eigenvalue weighted by molar-refractivity contribution is 5.78. The van der Waals surface area contributed by atoms with E-state index < -0.39 is 0 Å². The number of piperazine rings is 1. The van der Waals surface area contributed by atoms with E-state index in [4.69, 9.17) is 5.73 Å². The number of rotatable bonds is 4. The fraction of sp³-hybridized carbons (Fsp3) is 0.938. The van der Waals surface area contributed by atoms with E-state index in [2.05, 4.69) is 30.8 Å². The second kappa shape index (κ2) is 7.07.